The maximum atomic E-state index is 11.3. The Morgan fingerprint density at radius 1 is 1.30 bits per heavy atom. The molecule has 0 saturated heterocycles. The Balaban J connectivity index is 2.52. The number of hydrogen-bond acceptors (Lipinski definition) is 6. The van der Waals surface area contributed by atoms with Crippen LogP contribution in [0, 0.1) is 0 Å². The monoisotopic (exact) mass is 301 g/mol. The third-order valence-electron chi connectivity index (χ3n) is 2.76. The van der Waals surface area contributed by atoms with Crippen LogP contribution in [0.5, 0.6) is 5.75 Å². The fraction of sp³-hybridized carbons (Fsp3) is 0.462. The first-order chi connectivity index (χ1) is 9.38. The van der Waals surface area contributed by atoms with Gasteiger partial charge in [-0.1, -0.05) is 0 Å². The van der Waals surface area contributed by atoms with Crippen molar-refractivity contribution in [2.24, 2.45) is 0 Å². The third kappa shape index (κ3) is 4.82. The van der Waals surface area contributed by atoms with E-state index in [4.69, 9.17) is 4.74 Å². The van der Waals surface area contributed by atoms with Crippen LogP contribution in [0.1, 0.15) is 6.42 Å². The van der Waals surface area contributed by atoms with Gasteiger partial charge in [0.15, 0.2) is 9.84 Å². The summed E-state index contributed by atoms with van der Waals surface area (Å²) in [6.07, 6.45) is 1.60. The van der Waals surface area contributed by atoms with E-state index in [0.717, 1.165) is 6.26 Å². The van der Waals surface area contributed by atoms with Crippen LogP contribution in [0.25, 0.3) is 0 Å². The van der Waals surface area contributed by atoms with Gasteiger partial charge in [0, 0.05) is 12.7 Å². The van der Waals surface area contributed by atoms with E-state index in [1.165, 1.54) is 19.2 Å². The first kappa shape index (κ1) is 16.5. The molecular formula is C13H19NO5S. The van der Waals surface area contributed by atoms with Crippen LogP contribution in [-0.4, -0.2) is 47.4 Å². The molecular weight excluding hydrogens is 282 g/mol. The minimum absolute atomic E-state index is 0.243. The molecule has 0 aliphatic heterocycles. The molecule has 1 aromatic rings. The molecule has 1 rings (SSSR count). The Kier molecular flexibility index (Phi) is 5.97. The first-order valence-corrected chi connectivity index (χ1v) is 7.95. The summed E-state index contributed by atoms with van der Waals surface area (Å²) in [6.45, 7) is 0.318. The van der Waals surface area contributed by atoms with Crippen molar-refractivity contribution in [3.63, 3.8) is 0 Å². The zero-order valence-corrected chi connectivity index (χ0v) is 12.6. The summed E-state index contributed by atoms with van der Waals surface area (Å²) in [5.41, 5.74) is 0. The highest BCUT2D eigenvalue weighted by molar-refractivity contribution is 7.90. The average molecular weight is 301 g/mol. The fourth-order valence-corrected chi connectivity index (χ4v) is 2.23. The zero-order chi connectivity index (χ0) is 15.2. The van der Waals surface area contributed by atoms with Gasteiger partial charge in [0.25, 0.3) is 0 Å². The highest BCUT2D eigenvalue weighted by atomic mass is 32.2. The molecule has 6 nitrogen and oxygen atoms in total. The number of carbonyl (C=O) groups excluding carboxylic acids is 1. The van der Waals surface area contributed by atoms with E-state index >= 15 is 0 Å². The predicted molar refractivity (Wildman–Crippen MR) is 74.5 cm³/mol. The molecule has 7 heteroatoms. The number of likely N-dealkylation sites (N-methyl/N-ethyl adjacent to an activating group) is 1. The predicted octanol–water partition coefficient (Wildman–Crippen LogP) is 0.620. The molecule has 0 fully saturated rings. The number of rotatable bonds is 7. The topological polar surface area (TPSA) is 81.7 Å². The minimum Gasteiger partial charge on any atom is -0.494 e. The number of benzene rings is 1. The maximum absolute atomic E-state index is 11.3. The molecule has 0 heterocycles. The second kappa shape index (κ2) is 7.25. The highest BCUT2D eigenvalue weighted by Crippen LogP contribution is 2.16. The number of ether oxygens (including phenoxy) is 2. The number of hydrogen-bond donors (Lipinski definition) is 1. The van der Waals surface area contributed by atoms with E-state index in [1.54, 1.807) is 19.2 Å². The lowest BCUT2D eigenvalue weighted by Crippen LogP contribution is -2.36. The smallest absolute Gasteiger partial charge is 0.322 e. The quantitative estimate of drug-likeness (QED) is 0.744. The molecule has 1 N–H and O–H groups in total. The number of nitrogens with one attached hydrogen (secondary N) is 1. The molecule has 0 aliphatic rings. The highest BCUT2D eigenvalue weighted by Gasteiger charge is 2.16. The van der Waals surface area contributed by atoms with E-state index in [9.17, 15) is 13.2 Å². The standard InChI is InChI=1S/C13H19NO5S/c1-14-12(13(15)18-2)8-9-19-10-4-6-11(7-5-10)20(3,16)17/h4-7,12,14H,8-9H2,1-3H3. The Morgan fingerprint density at radius 3 is 2.35 bits per heavy atom. The van der Waals surface area contributed by atoms with Gasteiger partial charge in [-0.2, -0.15) is 0 Å². The van der Waals surface area contributed by atoms with Gasteiger partial charge in [0.1, 0.15) is 11.8 Å². The van der Waals surface area contributed by atoms with Crippen LogP contribution in [0.3, 0.4) is 0 Å². The molecule has 1 unspecified atom stereocenters. The van der Waals surface area contributed by atoms with Crippen LogP contribution >= 0.6 is 0 Å². The summed E-state index contributed by atoms with van der Waals surface area (Å²) in [7, 11) is -0.199. The van der Waals surface area contributed by atoms with Gasteiger partial charge >= 0.3 is 5.97 Å². The number of methoxy groups -OCH3 is 1. The molecule has 1 aromatic carbocycles. The van der Waals surface area contributed by atoms with Crippen molar-refractivity contribution in [1.82, 2.24) is 5.32 Å². The first-order valence-electron chi connectivity index (χ1n) is 6.06. The number of carbonyl (C=O) groups is 1. The largest absolute Gasteiger partial charge is 0.494 e. The molecule has 20 heavy (non-hydrogen) atoms. The van der Waals surface area contributed by atoms with Crippen LogP contribution in [0.2, 0.25) is 0 Å². The number of sulfone groups is 1. The fourth-order valence-electron chi connectivity index (χ4n) is 1.60. The normalized spacial score (nSPS) is 12.8. The van der Waals surface area contributed by atoms with Crippen molar-refractivity contribution in [2.45, 2.75) is 17.4 Å². The van der Waals surface area contributed by atoms with E-state index in [1.807, 2.05) is 0 Å². The van der Waals surface area contributed by atoms with Crippen molar-refractivity contribution < 1.29 is 22.7 Å². The van der Waals surface area contributed by atoms with Gasteiger partial charge < -0.3 is 14.8 Å². The molecule has 0 bridgehead atoms. The lowest BCUT2D eigenvalue weighted by molar-refractivity contribution is -0.143. The van der Waals surface area contributed by atoms with Gasteiger partial charge in [0.05, 0.1) is 18.6 Å². The Labute approximate surface area is 119 Å². The van der Waals surface area contributed by atoms with Crippen LogP contribution < -0.4 is 10.1 Å². The Hall–Kier alpha value is -1.60. The molecule has 0 aliphatic carbocycles. The van der Waals surface area contributed by atoms with Crippen LogP contribution in [-0.2, 0) is 19.4 Å². The summed E-state index contributed by atoms with van der Waals surface area (Å²) >= 11 is 0. The lowest BCUT2D eigenvalue weighted by Gasteiger charge is -2.14. The molecule has 112 valence electrons. The van der Waals surface area contributed by atoms with Crippen molar-refractivity contribution in [1.29, 1.82) is 0 Å². The molecule has 1 atom stereocenters. The van der Waals surface area contributed by atoms with E-state index in [0.29, 0.717) is 18.8 Å². The zero-order valence-electron chi connectivity index (χ0n) is 11.8. The Bertz CT molecular complexity index is 538. The summed E-state index contributed by atoms with van der Waals surface area (Å²) in [4.78, 5) is 11.6. The van der Waals surface area contributed by atoms with Gasteiger partial charge in [0.2, 0.25) is 0 Å². The van der Waals surface area contributed by atoms with Gasteiger partial charge in [-0.3, -0.25) is 4.79 Å². The second-order valence-electron chi connectivity index (χ2n) is 4.25. The summed E-state index contributed by atoms with van der Waals surface area (Å²) in [5.74, 6) is 0.209. The molecule has 0 saturated carbocycles. The minimum atomic E-state index is -3.20. The Morgan fingerprint density at radius 2 is 1.90 bits per heavy atom. The van der Waals surface area contributed by atoms with E-state index in [2.05, 4.69) is 10.1 Å². The molecule has 0 spiro atoms. The van der Waals surface area contributed by atoms with E-state index in [-0.39, 0.29) is 10.9 Å². The SMILES string of the molecule is CNC(CCOc1ccc(S(C)(=O)=O)cc1)C(=O)OC. The van der Waals surface area contributed by atoms with Crippen LogP contribution in [0.4, 0.5) is 0 Å². The van der Waals surface area contributed by atoms with Crippen molar-refractivity contribution in [3.8, 4) is 5.75 Å². The second-order valence-corrected chi connectivity index (χ2v) is 6.26. The summed E-state index contributed by atoms with van der Waals surface area (Å²) in [6, 6.07) is 5.72. The number of esters is 1. The van der Waals surface area contributed by atoms with Crippen molar-refractivity contribution in [2.75, 3.05) is 27.0 Å². The van der Waals surface area contributed by atoms with Crippen molar-refractivity contribution in [3.05, 3.63) is 24.3 Å². The van der Waals surface area contributed by atoms with Gasteiger partial charge in [-0.25, -0.2) is 8.42 Å². The van der Waals surface area contributed by atoms with Crippen molar-refractivity contribution >= 4 is 15.8 Å². The maximum Gasteiger partial charge on any atom is 0.322 e. The van der Waals surface area contributed by atoms with Gasteiger partial charge in [-0.05, 0) is 31.3 Å². The summed E-state index contributed by atoms with van der Waals surface area (Å²) < 4.78 is 32.7. The van der Waals surface area contributed by atoms with E-state index < -0.39 is 15.9 Å². The van der Waals surface area contributed by atoms with Crippen LogP contribution in [0.15, 0.2) is 29.2 Å². The molecule has 0 radical (unpaired) electrons. The third-order valence-corrected chi connectivity index (χ3v) is 3.89. The summed E-state index contributed by atoms with van der Waals surface area (Å²) in [5, 5.41) is 2.83. The lowest BCUT2D eigenvalue weighted by atomic mass is 10.2. The van der Waals surface area contributed by atoms with Gasteiger partial charge in [-0.15, -0.1) is 0 Å². The average Bonchev–Trinajstić information content (AvgIpc) is 2.42. The molecule has 0 aromatic heterocycles. The molecule has 0 amide bonds.